The van der Waals surface area contributed by atoms with Gasteiger partial charge in [0.1, 0.15) is 27.9 Å². The van der Waals surface area contributed by atoms with Crippen LogP contribution in [0, 0.1) is 15.3 Å². The first-order chi connectivity index (χ1) is 16.2. The average molecular weight is 673 g/mol. The average Bonchev–Trinajstić information content (AvgIpc) is 3.06. The molecule has 0 aliphatic rings. The van der Waals surface area contributed by atoms with E-state index in [2.05, 4.69) is 24.6 Å². The van der Waals surface area contributed by atoms with E-state index in [1.807, 2.05) is 22.6 Å². The van der Waals surface area contributed by atoms with Crippen molar-refractivity contribution in [1.82, 2.24) is 9.55 Å². The lowest BCUT2D eigenvalue weighted by molar-refractivity contribution is 0.0791. The number of rotatable bonds is 9. The van der Waals surface area contributed by atoms with Gasteiger partial charge in [-0.05, 0) is 64.0 Å². The van der Waals surface area contributed by atoms with E-state index in [0.29, 0.717) is 23.6 Å². The molecule has 0 fully saturated rings. The molecular weight excluding hydrogens is 648 g/mol. The molecule has 0 saturated heterocycles. The molecular formula is C23H25Cl2F2IN2O3SSi. The van der Waals surface area contributed by atoms with Gasteiger partial charge in [-0.25, -0.2) is 22.2 Å². The highest BCUT2D eigenvalue weighted by Crippen LogP contribution is 2.37. The second kappa shape index (κ2) is 11.1. The van der Waals surface area contributed by atoms with E-state index in [0.717, 1.165) is 12.3 Å². The number of hydrogen-bond acceptors (Lipinski definition) is 4. The van der Waals surface area contributed by atoms with Crippen LogP contribution in [-0.2, 0) is 21.3 Å². The lowest BCUT2D eigenvalue weighted by atomic mass is 9.90. The van der Waals surface area contributed by atoms with E-state index in [9.17, 15) is 17.2 Å². The molecule has 0 amide bonds. The van der Waals surface area contributed by atoms with Gasteiger partial charge < -0.3 is 4.74 Å². The molecule has 2 aromatic carbocycles. The number of hydrogen-bond donors (Lipinski definition) is 0. The molecule has 0 saturated carbocycles. The Morgan fingerprint density at radius 3 is 2.00 bits per heavy atom. The van der Waals surface area contributed by atoms with Crippen LogP contribution in [0.3, 0.4) is 0 Å². The maximum atomic E-state index is 14.0. The van der Waals surface area contributed by atoms with Crippen LogP contribution in [-0.4, -0.2) is 38.9 Å². The fourth-order valence-corrected chi connectivity index (χ4v) is 7.30. The minimum Gasteiger partial charge on any atom is -0.361 e. The Kier molecular flexibility index (Phi) is 9.07. The molecule has 12 heteroatoms. The van der Waals surface area contributed by atoms with Gasteiger partial charge in [-0.15, -0.1) is 0 Å². The number of benzene rings is 2. The maximum Gasteiger partial charge on any atom is 0.193 e. The third-order valence-electron chi connectivity index (χ3n) is 5.29. The van der Waals surface area contributed by atoms with E-state index in [-0.39, 0.29) is 25.5 Å². The first kappa shape index (κ1) is 28.5. The summed E-state index contributed by atoms with van der Waals surface area (Å²) in [6.45, 7) is 7.06. The third kappa shape index (κ3) is 7.04. The Morgan fingerprint density at radius 2 is 1.57 bits per heavy atom. The SMILES string of the molecule is C[Si](C)(C)CCOCn1c(C(c2ccc(F)c(Cl)c2)c2ccc(F)c(Cl)c2)nc(I)c1S(C)(=O)=O. The molecule has 0 radical (unpaired) electrons. The second-order valence-corrected chi connectivity index (χ2v) is 18.8. The number of sulfone groups is 1. The number of imidazole rings is 1. The van der Waals surface area contributed by atoms with E-state index < -0.39 is 35.5 Å². The minimum absolute atomic E-state index is 0.00696. The molecule has 1 heterocycles. The largest absolute Gasteiger partial charge is 0.361 e. The van der Waals surface area contributed by atoms with Gasteiger partial charge in [0, 0.05) is 20.9 Å². The van der Waals surface area contributed by atoms with Crippen LogP contribution in [0.5, 0.6) is 0 Å². The highest BCUT2D eigenvalue weighted by atomic mass is 127. The van der Waals surface area contributed by atoms with Gasteiger partial charge in [0.2, 0.25) is 0 Å². The molecule has 35 heavy (non-hydrogen) atoms. The predicted octanol–water partition coefficient (Wildman–Crippen LogP) is 6.97. The first-order valence-corrected chi connectivity index (χ1v) is 18.1. The topological polar surface area (TPSA) is 61.2 Å². The number of halogens is 5. The molecule has 3 rings (SSSR count). The summed E-state index contributed by atoms with van der Waals surface area (Å²) in [6, 6.07) is 9.27. The van der Waals surface area contributed by atoms with E-state index >= 15 is 0 Å². The van der Waals surface area contributed by atoms with E-state index in [1.54, 1.807) is 0 Å². The monoisotopic (exact) mass is 672 g/mol. The molecule has 1 aromatic heterocycles. The van der Waals surface area contributed by atoms with Gasteiger partial charge in [0.05, 0.1) is 16.0 Å². The summed E-state index contributed by atoms with van der Waals surface area (Å²) in [7, 11) is -5.06. The minimum atomic E-state index is -3.69. The Balaban J connectivity index is 2.21. The van der Waals surface area contributed by atoms with Crippen molar-refractivity contribution in [3.8, 4) is 0 Å². The molecule has 3 aromatic rings. The van der Waals surface area contributed by atoms with Gasteiger partial charge in [-0.3, -0.25) is 4.57 Å². The molecule has 0 aliphatic carbocycles. The fourth-order valence-electron chi connectivity index (χ4n) is 3.53. The van der Waals surface area contributed by atoms with Crippen molar-refractivity contribution in [2.45, 2.75) is 43.4 Å². The van der Waals surface area contributed by atoms with Crippen molar-refractivity contribution in [3.05, 3.63) is 78.7 Å². The fraction of sp³-hybridized carbons (Fsp3) is 0.348. The Morgan fingerprint density at radius 1 is 1.06 bits per heavy atom. The number of ether oxygens (including phenoxy) is 1. The Labute approximate surface area is 228 Å². The molecule has 0 aliphatic heterocycles. The van der Waals surface area contributed by atoms with Crippen molar-refractivity contribution in [1.29, 1.82) is 0 Å². The molecule has 0 bridgehead atoms. The standard InChI is InChI=1S/C23H25Cl2F2IN2O3SSi/c1-34(31,32)23-21(28)29-22(30(23)13-33-9-10-35(2,3)4)20(14-5-7-18(26)16(24)11-14)15-6-8-19(27)17(25)12-15/h5-8,11-12,20H,9-10,13H2,1-4H3. The lowest BCUT2D eigenvalue weighted by Crippen LogP contribution is -2.23. The van der Waals surface area contributed by atoms with Gasteiger partial charge in [-0.2, -0.15) is 0 Å². The van der Waals surface area contributed by atoms with Crippen LogP contribution in [0.25, 0.3) is 0 Å². The number of aromatic nitrogens is 2. The summed E-state index contributed by atoms with van der Waals surface area (Å²) >= 11 is 14.0. The van der Waals surface area contributed by atoms with Crippen molar-refractivity contribution >= 4 is 63.7 Å². The lowest BCUT2D eigenvalue weighted by Gasteiger charge is -2.22. The van der Waals surface area contributed by atoms with E-state index in [4.69, 9.17) is 27.9 Å². The quantitative estimate of drug-likeness (QED) is 0.140. The van der Waals surface area contributed by atoms with Crippen LogP contribution in [0.15, 0.2) is 41.4 Å². The summed E-state index contributed by atoms with van der Waals surface area (Å²) in [5.41, 5.74) is 1.06. The van der Waals surface area contributed by atoms with Crippen LogP contribution in [0.1, 0.15) is 22.9 Å². The zero-order chi connectivity index (χ0) is 26.1. The predicted molar refractivity (Wildman–Crippen MR) is 146 cm³/mol. The van der Waals surface area contributed by atoms with Gasteiger partial charge in [-0.1, -0.05) is 55.0 Å². The molecule has 5 nitrogen and oxygen atoms in total. The van der Waals surface area contributed by atoms with Crippen LogP contribution in [0.2, 0.25) is 35.7 Å². The first-order valence-electron chi connectivity index (χ1n) is 10.6. The molecule has 190 valence electrons. The zero-order valence-corrected chi connectivity index (χ0v) is 25.1. The summed E-state index contributed by atoms with van der Waals surface area (Å²) in [4.78, 5) is 4.59. The van der Waals surface area contributed by atoms with Crippen LogP contribution < -0.4 is 0 Å². The molecule has 0 atom stereocenters. The zero-order valence-electron chi connectivity index (χ0n) is 19.6. The third-order valence-corrected chi connectivity index (χ3v) is 9.81. The summed E-state index contributed by atoms with van der Waals surface area (Å²) in [5, 5.41) is -0.209. The van der Waals surface area contributed by atoms with Gasteiger partial charge in [0.15, 0.2) is 14.9 Å². The summed E-state index contributed by atoms with van der Waals surface area (Å²) < 4.78 is 61.0. The van der Waals surface area contributed by atoms with Crippen molar-refractivity contribution < 1.29 is 21.9 Å². The summed E-state index contributed by atoms with van der Waals surface area (Å²) in [6.07, 6.45) is 1.10. The maximum absolute atomic E-state index is 14.0. The van der Waals surface area contributed by atoms with Crippen molar-refractivity contribution in [2.75, 3.05) is 12.9 Å². The van der Waals surface area contributed by atoms with Gasteiger partial charge in [0.25, 0.3) is 0 Å². The molecule has 0 spiro atoms. The Bertz CT molecular complexity index is 1300. The molecule has 0 unspecified atom stereocenters. The smallest absolute Gasteiger partial charge is 0.193 e. The van der Waals surface area contributed by atoms with Crippen molar-refractivity contribution in [2.24, 2.45) is 0 Å². The van der Waals surface area contributed by atoms with Crippen molar-refractivity contribution in [3.63, 3.8) is 0 Å². The van der Waals surface area contributed by atoms with Crippen LogP contribution in [0.4, 0.5) is 8.78 Å². The number of nitrogens with zero attached hydrogens (tertiary/aromatic N) is 2. The summed E-state index contributed by atoms with van der Waals surface area (Å²) in [5.74, 6) is -1.60. The highest BCUT2D eigenvalue weighted by molar-refractivity contribution is 14.1. The normalized spacial score (nSPS) is 12.5. The van der Waals surface area contributed by atoms with E-state index in [1.165, 1.54) is 41.0 Å². The second-order valence-electron chi connectivity index (χ2n) is 9.39. The molecule has 0 N–H and O–H groups in total. The van der Waals surface area contributed by atoms with Gasteiger partial charge >= 0.3 is 0 Å². The Hall–Kier alpha value is -1.05. The van der Waals surface area contributed by atoms with Crippen LogP contribution >= 0.6 is 45.8 Å². The highest BCUT2D eigenvalue weighted by Gasteiger charge is 2.30.